The largest absolute Gasteiger partial charge is 0.465 e. The first-order chi connectivity index (χ1) is 9.65. The lowest BCUT2D eigenvalue weighted by atomic mass is 9.82. The van der Waals surface area contributed by atoms with Gasteiger partial charge in [0.15, 0.2) is 0 Å². The molecule has 2 rings (SSSR count). The minimum Gasteiger partial charge on any atom is -0.465 e. The summed E-state index contributed by atoms with van der Waals surface area (Å²) in [6, 6.07) is 7.81. The number of benzene rings is 1. The van der Waals surface area contributed by atoms with Crippen molar-refractivity contribution in [3.63, 3.8) is 0 Å². The molecule has 0 bridgehead atoms. The molecule has 20 heavy (non-hydrogen) atoms. The van der Waals surface area contributed by atoms with Gasteiger partial charge in [-0.05, 0) is 49.7 Å². The van der Waals surface area contributed by atoms with Crippen LogP contribution in [0, 0.1) is 11.8 Å². The number of carboxylic acid groups (broad SMARTS) is 1. The average molecular weight is 277 g/mol. The van der Waals surface area contributed by atoms with Crippen LogP contribution in [0.15, 0.2) is 24.3 Å². The van der Waals surface area contributed by atoms with E-state index < -0.39 is 6.09 Å². The minimum atomic E-state index is -0.923. The molecule has 1 aliphatic carbocycles. The van der Waals surface area contributed by atoms with E-state index in [-0.39, 0.29) is 0 Å². The Labute approximate surface area is 119 Å². The molecule has 1 fully saturated rings. The topological polar surface area (TPSA) is 87.4 Å². The third kappa shape index (κ3) is 4.33. The number of nitrogens with one attached hydrogen (secondary N) is 2. The maximum absolute atomic E-state index is 10.5. The number of anilines is 2. The summed E-state index contributed by atoms with van der Waals surface area (Å²) < 4.78 is 0. The van der Waals surface area contributed by atoms with Crippen LogP contribution in [-0.2, 0) is 0 Å². The van der Waals surface area contributed by atoms with E-state index in [1.807, 2.05) is 24.3 Å². The quantitative estimate of drug-likeness (QED) is 0.623. The first-order valence-electron chi connectivity index (χ1n) is 7.20. The van der Waals surface area contributed by atoms with E-state index in [1.165, 1.54) is 0 Å². The zero-order chi connectivity index (χ0) is 14.4. The Morgan fingerprint density at radius 3 is 2.35 bits per heavy atom. The molecule has 0 saturated heterocycles. The Hall–Kier alpha value is -1.91. The van der Waals surface area contributed by atoms with Gasteiger partial charge in [-0.3, -0.25) is 0 Å². The molecule has 1 amide bonds. The van der Waals surface area contributed by atoms with Crippen LogP contribution in [0.5, 0.6) is 0 Å². The summed E-state index contributed by atoms with van der Waals surface area (Å²) in [6.45, 7) is 1.52. The molecule has 0 unspecified atom stereocenters. The molecule has 5 nitrogen and oxygen atoms in total. The number of hydrogen-bond acceptors (Lipinski definition) is 3. The third-order valence-corrected chi connectivity index (χ3v) is 4.05. The fraction of sp³-hybridized carbons (Fsp3) is 0.533. The van der Waals surface area contributed by atoms with Gasteiger partial charge >= 0.3 is 6.09 Å². The summed E-state index contributed by atoms with van der Waals surface area (Å²) in [5.41, 5.74) is 7.69. The summed E-state index contributed by atoms with van der Waals surface area (Å²) >= 11 is 0. The van der Waals surface area contributed by atoms with Gasteiger partial charge in [0, 0.05) is 13.1 Å². The lowest BCUT2D eigenvalue weighted by molar-refractivity contribution is 0.188. The van der Waals surface area contributed by atoms with Gasteiger partial charge in [-0.1, -0.05) is 12.1 Å². The lowest BCUT2D eigenvalue weighted by Gasteiger charge is -2.28. The number of para-hydroxylation sites is 2. The standard InChI is InChI=1S/C15H23N3O2/c16-13-3-1-2-4-14(13)17-9-11-5-7-12(8-6-11)10-18-15(19)20/h1-4,11-12,17-18H,5-10,16H2,(H,19,20). The van der Waals surface area contributed by atoms with Gasteiger partial charge in [0.05, 0.1) is 11.4 Å². The number of amides is 1. The van der Waals surface area contributed by atoms with Crippen LogP contribution >= 0.6 is 0 Å². The number of hydrogen-bond donors (Lipinski definition) is 4. The highest BCUT2D eigenvalue weighted by atomic mass is 16.4. The Kier molecular flexibility index (Phi) is 5.09. The van der Waals surface area contributed by atoms with Crippen molar-refractivity contribution in [3.05, 3.63) is 24.3 Å². The molecule has 0 aromatic heterocycles. The van der Waals surface area contributed by atoms with Crippen LogP contribution in [0.1, 0.15) is 25.7 Å². The first-order valence-corrected chi connectivity index (χ1v) is 7.20. The molecular formula is C15H23N3O2. The predicted molar refractivity (Wildman–Crippen MR) is 80.8 cm³/mol. The highest BCUT2D eigenvalue weighted by molar-refractivity contribution is 5.65. The van der Waals surface area contributed by atoms with Crippen molar-refractivity contribution < 1.29 is 9.90 Å². The van der Waals surface area contributed by atoms with Crippen molar-refractivity contribution in [3.8, 4) is 0 Å². The van der Waals surface area contributed by atoms with Crippen molar-refractivity contribution in [2.45, 2.75) is 25.7 Å². The van der Waals surface area contributed by atoms with E-state index in [9.17, 15) is 4.79 Å². The zero-order valence-corrected chi connectivity index (χ0v) is 11.6. The highest BCUT2D eigenvalue weighted by Crippen LogP contribution is 2.29. The van der Waals surface area contributed by atoms with Gasteiger partial charge in [-0.2, -0.15) is 0 Å². The normalized spacial score (nSPS) is 22.2. The van der Waals surface area contributed by atoms with Crippen molar-refractivity contribution in [1.29, 1.82) is 0 Å². The minimum absolute atomic E-state index is 0.490. The van der Waals surface area contributed by atoms with E-state index in [2.05, 4.69) is 10.6 Å². The Morgan fingerprint density at radius 1 is 1.15 bits per heavy atom. The van der Waals surface area contributed by atoms with Crippen molar-refractivity contribution >= 4 is 17.5 Å². The van der Waals surface area contributed by atoms with Crippen LogP contribution in [0.2, 0.25) is 0 Å². The van der Waals surface area contributed by atoms with Gasteiger partial charge in [0.2, 0.25) is 0 Å². The fourth-order valence-corrected chi connectivity index (χ4v) is 2.78. The summed E-state index contributed by atoms with van der Waals surface area (Å²) in [4.78, 5) is 10.5. The lowest BCUT2D eigenvalue weighted by Crippen LogP contribution is -2.31. The predicted octanol–water partition coefficient (Wildman–Crippen LogP) is 2.75. The molecule has 0 atom stereocenters. The second-order valence-corrected chi connectivity index (χ2v) is 5.54. The molecule has 0 radical (unpaired) electrons. The van der Waals surface area contributed by atoms with Crippen molar-refractivity contribution in [1.82, 2.24) is 5.32 Å². The summed E-state index contributed by atoms with van der Waals surface area (Å²) in [6.07, 6.45) is 3.55. The van der Waals surface area contributed by atoms with E-state index in [0.717, 1.165) is 43.6 Å². The second kappa shape index (κ2) is 7.03. The molecule has 0 aliphatic heterocycles. The van der Waals surface area contributed by atoms with E-state index >= 15 is 0 Å². The van der Waals surface area contributed by atoms with Gasteiger partial charge < -0.3 is 21.5 Å². The van der Waals surface area contributed by atoms with Crippen LogP contribution in [0.25, 0.3) is 0 Å². The Balaban J connectivity index is 1.69. The molecule has 110 valence electrons. The molecule has 1 aromatic carbocycles. The average Bonchev–Trinajstić information content (AvgIpc) is 2.45. The molecule has 5 N–H and O–H groups in total. The second-order valence-electron chi connectivity index (χ2n) is 5.54. The smallest absolute Gasteiger partial charge is 0.404 e. The van der Waals surface area contributed by atoms with Crippen LogP contribution in [0.3, 0.4) is 0 Å². The molecular weight excluding hydrogens is 254 g/mol. The van der Waals surface area contributed by atoms with E-state index in [0.29, 0.717) is 18.4 Å². The van der Waals surface area contributed by atoms with Gasteiger partial charge in [-0.25, -0.2) is 4.79 Å². The van der Waals surface area contributed by atoms with Crippen molar-refractivity contribution in [2.75, 3.05) is 24.1 Å². The maximum Gasteiger partial charge on any atom is 0.404 e. The third-order valence-electron chi connectivity index (χ3n) is 4.05. The number of nitrogen functional groups attached to an aromatic ring is 1. The molecule has 0 spiro atoms. The van der Waals surface area contributed by atoms with E-state index in [4.69, 9.17) is 10.8 Å². The maximum atomic E-state index is 10.5. The number of carbonyl (C=O) groups is 1. The van der Waals surface area contributed by atoms with Gasteiger partial charge in [0.1, 0.15) is 0 Å². The highest BCUT2D eigenvalue weighted by Gasteiger charge is 2.21. The summed E-state index contributed by atoms with van der Waals surface area (Å²) in [5, 5.41) is 14.5. The molecule has 5 heteroatoms. The van der Waals surface area contributed by atoms with E-state index in [1.54, 1.807) is 0 Å². The van der Waals surface area contributed by atoms with Crippen LogP contribution in [-0.4, -0.2) is 24.3 Å². The SMILES string of the molecule is Nc1ccccc1NCC1CCC(CNC(=O)O)CC1. The first kappa shape index (κ1) is 14.5. The molecule has 1 aliphatic rings. The monoisotopic (exact) mass is 277 g/mol. The number of rotatable bonds is 5. The summed E-state index contributed by atoms with van der Waals surface area (Å²) in [7, 11) is 0. The van der Waals surface area contributed by atoms with Crippen LogP contribution < -0.4 is 16.4 Å². The number of nitrogens with two attached hydrogens (primary N) is 1. The fourth-order valence-electron chi connectivity index (χ4n) is 2.78. The van der Waals surface area contributed by atoms with Crippen LogP contribution in [0.4, 0.5) is 16.2 Å². The summed E-state index contributed by atoms with van der Waals surface area (Å²) in [5.74, 6) is 1.14. The molecule has 1 saturated carbocycles. The van der Waals surface area contributed by atoms with Gasteiger partial charge in [0.25, 0.3) is 0 Å². The Morgan fingerprint density at radius 2 is 1.75 bits per heavy atom. The molecule has 0 heterocycles. The van der Waals surface area contributed by atoms with Gasteiger partial charge in [-0.15, -0.1) is 0 Å². The zero-order valence-electron chi connectivity index (χ0n) is 11.6. The molecule has 1 aromatic rings. The Bertz CT molecular complexity index is 442. The van der Waals surface area contributed by atoms with Crippen molar-refractivity contribution in [2.24, 2.45) is 11.8 Å².